The summed E-state index contributed by atoms with van der Waals surface area (Å²) in [5, 5.41) is 1.23. The molecule has 25 heavy (non-hydrogen) atoms. The van der Waals surface area contributed by atoms with Crippen molar-refractivity contribution in [3.05, 3.63) is 59.2 Å². The van der Waals surface area contributed by atoms with E-state index >= 15 is 0 Å². The summed E-state index contributed by atoms with van der Waals surface area (Å²) in [5.74, 6) is 0.0141. The average Bonchev–Trinajstić information content (AvgIpc) is 2.67. The van der Waals surface area contributed by atoms with Crippen LogP contribution in [0.4, 0.5) is 0 Å². The molecule has 0 saturated heterocycles. The molecule has 1 fully saturated rings. The summed E-state index contributed by atoms with van der Waals surface area (Å²) in [6, 6.07) is 13.2. The fourth-order valence-electron chi connectivity index (χ4n) is 3.90. The number of aldehydes is 1. The van der Waals surface area contributed by atoms with Crippen LogP contribution in [0.25, 0.3) is 0 Å². The van der Waals surface area contributed by atoms with Gasteiger partial charge in [0, 0.05) is 28.3 Å². The number of hydrogen-bond donors (Lipinski definition) is 0. The van der Waals surface area contributed by atoms with Crippen molar-refractivity contribution in [3.8, 4) is 0 Å². The maximum Gasteiger partial charge on any atom is 0.127 e. The second kappa shape index (κ2) is 8.24. The topological polar surface area (TPSA) is 47.0 Å². The molecule has 2 unspecified atom stereocenters. The zero-order valence-electron chi connectivity index (χ0n) is 14.1. The minimum absolute atomic E-state index is 0.255. The Morgan fingerprint density at radius 1 is 1.12 bits per heavy atom. The molecule has 3 rings (SSSR count). The molecule has 5 heteroatoms. The van der Waals surface area contributed by atoms with Crippen molar-refractivity contribution in [1.82, 2.24) is 4.98 Å². The van der Waals surface area contributed by atoms with E-state index in [4.69, 9.17) is 11.6 Å². The molecule has 1 heterocycles. The highest BCUT2D eigenvalue weighted by molar-refractivity contribution is 7.85. The first-order valence-electron chi connectivity index (χ1n) is 8.66. The molecular weight excluding hydrogens is 354 g/mol. The summed E-state index contributed by atoms with van der Waals surface area (Å²) in [5.41, 5.74) is 0.876. The molecule has 0 aliphatic heterocycles. The van der Waals surface area contributed by atoms with Crippen molar-refractivity contribution in [1.29, 1.82) is 0 Å². The van der Waals surface area contributed by atoms with E-state index in [1.54, 1.807) is 18.3 Å². The largest absolute Gasteiger partial charge is 0.303 e. The number of halogens is 1. The van der Waals surface area contributed by atoms with Gasteiger partial charge in [-0.1, -0.05) is 49.1 Å². The Balaban J connectivity index is 1.92. The molecule has 3 nitrogen and oxygen atoms in total. The lowest BCUT2D eigenvalue weighted by Crippen LogP contribution is -2.41. The summed E-state index contributed by atoms with van der Waals surface area (Å²) in [7, 11) is -1.29. The number of carbonyl (C=O) groups excluding carboxylic acids is 1. The number of nitrogens with zero attached hydrogens (tertiary/aromatic N) is 1. The van der Waals surface area contributed by atoms with Crippen LogP contribution < -0.4 is 0 Å². The normalized spacial score (nSPS) is 19.1. The number of benzene rings is 1. The van der Waals surface area contributed by atoms with Crippen LogP contribution in [0.15, 0.2) is 53.7 Å². The molecule has 0 bridgehead atoms. The highest BCUT2D eigenvalue weighted by Gasteiger charge is 2.42. The van der Waals surface area contributed by atoms with E-state index in [2.05, 4.69) is 4.98 Å². The van der Waals surface area contributed by atoms with Gasteiger partial charge in [-0.15, -0.1) is 0 Å². The number of aromatic nitrogens is 1. The molecule has 2 aromatic rings. The maximum atomic E-state index is 12.8. The molecular formula is C20H22ClNO2S. The average molecular weight is 376 g/mol. The van der Waals surface area contributed by atoms with E-state index in [9.17, 15) is 9.00 Å². The van der Waals surface area contributed by atoms with Crippen molar-refractivity contribution in [2.24, 2.45) is 5.92 Å². The molecule has 0 N–H and O–H groups in total. The van der Waals surface area contributed by atoms with Gasteiger partial charge in [-0.25, -0.2) is 4.98 Å². The second-order valence-corrected chi connectivity index (χ2v) is 8.53. The fourth-order valence-corrected chi connectivity index (χ4v) is 5.33. The van der Waals surface area contributed by atoms with E-state index in [0.717, 1.165) is 37.5 Å². The van der Waals surface area contributed by atoms with E-state index in [1.807, 2.05) is 30.3 Å². The van der Waals surface area contributed by atoms with E-state index in [-0.39, 0.29) is 11.3 Å². The van der Waals surface area contributed by atoms with E-state index in [1.165, 1.54) is 6.42 Å². The molecule has 0 radical (unpaired) electrons. The molecule has 1 aliphatic rings. The van der Waals surface area contributed by atoms with Crippen molar-refractivity contribution in [3.63, 3.8) is 0 Å². The maximum absolute atomic E-state index is 12.8. The molecule has 0 amide bonds. The lowest BCUT2D eigenvalue weighted by atomic mass is 9.63. The van der Waals surface area contributed by atoms with Gasteiger partial charge in [0.05, 0.1) is 10.8 Å². The van der Waals surface area contributed by atoms with Crippen molar-refractivity contribution >= 4 is 28.7 Å². The van der Waals surface area contributed by atoms with Crippen LogP contribution in [0.5, 0.6) is 0 Å². The number of carbonyl (C=O) groups is 1. The summed E-state index contributed by atoms with van der Waals surface area (Å²) >= 11 is 6.05. The van der Waals surface area contributed by atoms with Crippen LogP contribution in [0.1, 0.15) is 37.7 Å². The molecule has 1 saturated carbocycles. The van der Waals surface area contributed by atoms with Crippen LogP contribution in [0.3, 0.4) is 0 Å². The van der Waals surface area contributed by atoms with Gasteiger partial charge in [-0.3, -0.25) is 4.21 Å². The Hall–Kier alpha value is -1.52. The van der Waals surface area contributed by atoms with Gasteiger partial charge in [-0.05, 0) is 42.7 Å². The van der Waals surface area contributed by atoms with Crippen LogP contribution >= 0.6 is 11.6 Å². The van der Waals surface area contributed by atoms with Crippen molar-refractivity contribution in [2.75, 3.05) is 5.75 Å². The smallest absolute Gasteiger partial charge is 0.127 e. The third kappa shape index (κ3) is 4.01. The molecule has 1 aliphatic carbocycles. The van der Waals surface area contributed by atoms with Crippen molar-refractivity contribution < 1.29 is 9.00 Å². The monoisotopic (exact) mass is 375 g/mol. The van der Waals surface area contributed by atoms with Crippen LogP contribution in [-0.2, 0) is 21.0 Å². The Morgan fingerprint density at radius 2 is 1.84 bits per heavy atom. The third-order valence-electron chi connectivity index (χ3n) is 5.24. The van der Waals surface area contributed by atoms with Gasteiger partial charge < -0.3 is 4.79 Å². The number of rotatable bonds is 6. The minimum atomic E-state index is -1.29. The van der Waals surface area contributed by atoms with Gasteiger partial charge in [0.15, 0.2) is 0 Å². The van der Waals surface area contributed by atoms with Gasteiger partial charge in [-0.2, -0.15) is 0 Å². The number of pyridine rings is 1. The summed E-state index contributed by atoms with van der Waals surface area (Å²) in [6.07, 6.45) is 7.88. The first kappa shape index (κ1) is 18.3. The first-order chi connectivity index (χ1) is 12.2. The predicted molar refractivity (Wildman–Crippen MR) is 101 cm³/mol. The van der Waals surface area contributed by atoms with Crippen LogP contribution in [0, 0.1) is 5.92 Å². The van der Waals surface area contributed by atoms with Gasteiger partial charge in [0.25, 0.3) is 0 Å². The predicted octanol–water partition coefficient (Wildman–Crippen LogP) is 4.56. The Kier molecular flexibility index (Phi) is 6.02. The highest BCUT2D eigenvalue weighted by Crippen LogP contribution is 2.45. The zero-order valence-corrected chi connectivity index (χ0v) is 15.6. The Bertz CT molecular complexity index is 727. The second-order valence-electron chi connectivity index (χ2n) is 6.65. The molecule has 2 atom stereocenters. The quantitative estimate of drug-likeness (QED) is 0.695. The van der Waals surface area contributed by atoms with Gasteiger partial charge in [0.2, 0.25) is 0 Å². The molecule has 1 aromatic carbocycles. The number of hydrogen-bond acceptors (Lipinski definition) is 3. The first-order valence-corrected chi connectivity index (χ1v) is 10.4. The summed E-state index contributed by atoms with van der Waals surface area (Å²) in [6.45, 7) is 0. The van der Waals surface area contributed by atoms with Crippen molar-refractivity contribution in [2.45, 2.75) is 42.5 Å². The van der Waals surface area contributed by atoms with E-state index in [0.29, 0.717) is 15.8 Å². The molecule has 1 aromatic heterocycles. The van der Waals surface area contributed by atoms with Crippen LogP contribution in [0.2, 0.25) is 5.02 Å². The highest BCUT2D eigenvalue weighted by atomic mass is 35.5. The Morgan fingerprint density at radius 3 is 2.44 bits per heavy atom. The molecule has 0 spiro atoms. The van der Waals surface area contributed by atoms with Gasteiger partial charge >= 0.3 is 0 Å². The summed E-state index contributed by atoms with van der Waals surface area (Å²) < 4.78 is 12.8. The Labute approximate surface area is 156 Å². The lowest BCUT2D eigenvalue weighted by Gasteiger charge is -2.42. The van der Waals surface area contributed by atoms with E-state index < -0.39 is 10.8 Å². The molecule has 132 valence electrons. The SMILES string of the molecule is O=CC(CS(=O)c1ccccn1)C1(c2ccc(Cl)cc2)CCCCC1. The minimum Gasteiger partial charge on any atom is -0.303 e. The third-order valence-corrected chi connectivity index (χ3v) is 6.86. The van der Waals surface area contributed by atoms with Gasteiger partial charge in [0.1, 0.15) is 11.3 Å². The van der Waals surface area contributed by atoms with Crippen LogP contribution in [-0.4, -0.2) is 21.2 Å². The fraction of sp³-hybridized carbons (Fsp3) is 0.400. The standard InChI is InChI=1S/C20H22ClNO2S/c21-18-9-7-16(8-10-18)20(11-3-1-4-12-20)17(14-23)15-25(24)19-6-2-5-13-22-19/h2,5-10,13-14,17H,1,3-4,11-12,15H2. The summed E-state index contributed by atoms with van der Waals surface area (Å²) in [4.78, 5) is 16.2. The zero-order chi connectivity index (χ0) is 17.7. The lowest BCUT2D eigenvalue weighted by molar-refractivity contribution is -0.112.